The zero-order valence-corrected chi connectivity index (χ0v) is 15.4. The number of hydrogen-bond donors (Lipinski definition) is 1. The van der Waals surface area contributed by atoms with E-state index in [0.717, 1.165) is 34.5 Å². The zero-order chi connectivity index (χ0) is 18.0. The van der Waals surface area contributed by atoms with Crippen LogP contribution in [0.3, 0.4) is 0 Å². The Kier molecular flexibility index (Phi) is 4.87. The Morgan fingerprint density at radius 2 is 1.88 bits per heavy atom. The fourth-order valence-electron chi connectivity index (χ4n) is 3.26. The quantitative estimate of drug-likeness (QED) is 0.637. The molecule has 2 aromatic carbocycles. The first-order chi connectivity index (χ1) is 11.9. The van der Waals surface area contributed by atoms with Gasteiger partial charge < -0.3 is 14.3 Å². The third kappa shape index (κ3) is 4.23. The van der Waals surface area contributed by atoms with E-state index >= 15 is 0 Å². The summed E-state index contributed by atoms with van der Waals surface area (Å²) in [5.74, 6) is 1.64. The SMILES string of the molecule is CCc1ccccc1-c1cc2ccc(OC(C)CC(C)(C)O)cc2o1. The van der Waals surface area contributed by atoms with E-state index < -0.39 is 5.60 Å². The summed E-state index contributed by atoms with van der Waals surface area (Å²) < 4.78 is 12.0. The molecule has 0 saturated carbocycles. The molecule has 3 nitrogen and oxygen atoms in total. The highest BCUT2D eigenvalue weighted by Gasteiger charge is 2.18. The van der Waals surface area contributed by atoms with Gasteiger partial charge in [0.25, 0.3) is 0 Å². The Bertz CT molecular complexity index is 855. The first-order valence-electron chi connectivity index (χ1n) is 8.86. The molecule has 1 heterocycles. The van der Waals surface area contributed by atoms with Gasteiger partial charge in [-0.25, -0.2) is 0 Å². The highest BCUT2D eigenvalue weighted by Crippen LogP contribution is 2.32. The minimum absolute atomic E-state index is 0.0762. The molecule has 0 fully saturated rings. The summed E-state index contributed by atoms with van der Waals surface area (Å²) in [6, 6.07) is 16.3. The normalized spacial score (nSPS) is 13.2. The van der Waals surface area contributed by atoms with Crippen molar-refractivity contribution < 1.29 is 14.3 Å². The summed E-state index contributed by atoms with van der Waals surface area (Å²) in [5, 5.41) is 11.0. The van der Waals surface area contributed by atoms with Crippen LogP contribution < -0.4 is 4.74 Å². The van der Waals surface area contributed by atoms with Gasteiger partial charge in [-0.05, 0) is 51.0 Å². The second-order valence-corrected chi connectivity index (χ2v) is 7.27. The van der Waals surface area contributed by atoms with E-state index in [1.54, 1.807) is 13.8 Å². The summed E-state index contributed by atoms with van der Waals surface area (Å²) in [7, 11) is 0. The van der Waals surface area contributed by atoms with Crippen molar-refractivity contribution in [2.45, 2.75) is 52.2 Å². The van der Waals surface area contributed by atoms with Crippen molar-refractivity contribution in [2.75, 3.05) is 0 Å². The minimum atomic E-state index is -0.745. The van der Waals surface area contributed by atoms with Crippen LogP contribution in [0.15, 0.2) is 52.9 Å². The lowest BCUT2D eigenvalue weighted by Crippen LogP contribution is -2.27. The summed E-state index contributed by atoms with van der Waals surface area (Å²) >= 11 is 0. The van der Waals surface area contributed by atoms with Gasteiger partial charge in [-0.1, -0.05) is 31.2 Å². The van der Waals surface area contributed by atoms with Gasteiger partial charge in [0.15, 0.2) is 0 Å². The van der Waals surface area contributed by atoms with Crippen LogP contribution in [-0.2, 0) is 6.42 Å². The average molecular weight is 338 g/mol. The van der Waals surface area contributed by atoms with Gasteiger partial charge in [-0.15, -0.1) is 0 Å². The van der Waals surface area contributed by atoms with Crippen LogP contribution in [0.5, 0.6) is 5.75 Å². The molecule has 3 rings (SSSR count). The fraction of sp³-hybridized carbons (Fsp3) is 0.364. The minimum Gasteiger partial charge on any atom is -0.490 e. The number of aryl methyl sites for hydroxylation is 1. The van der Waals surface area contributed by atoms with Crippen LogP contribution in [0.2, 0.25) is 0 Å². The lowest BCUT2D eigenvalue weighted by Gasteiger charge is -2.22. The van der Waals surface area contributed by atoms with Crippen LogP contribution >= 0.6 is 0 Å². The Morgan fingerprint density at radius 3 is 2.60 bits per heavy atom. The van der Waals surface area contributed by atoms with E-state index in [4.69, 9.17) is 9.15 Å². The molecule has 1 unspecified atom stereocenters. The van der Waals surface area contributed by atoms with E-state index in [9.17, 15) is 5.11 Å². The Balaban J connectivity index is 1.87. The monoisotopic (exact) mass is 338 g/mol. The van der Waals surface area contributed by atoms with Gasteiger partial charge >= 0.3 is 0 Å². The van der Waals surface area contributed by atoms with Crippen molar-refractivity contribution in [3.05, 3.63) is 54.1 Å². The van der Waals surface area contributed by atoms with Crippen LogP contribution in [-0.4, -0.2) is 16.8 Å². The van der Waals surface area contributed by atoms with Crippen molar-refractivity contribution in [1.29, 1.82) is 0 Å². The summed E-state index contributed by atoms with van der Waals surface area (Å²) in [6.07, 6.45) is 1.46. The molecule has 0 aliphatic rings. The molecule has 1 atom stereocenters. The van der Waals surface area contributed by atoms with Gasteiger partial charge in [0.05, 0.1) is 11.7 Å². The Labute approximate surface area is 149 Å². The van der Waals surface area contributed by atoms with E-state index in [-0.39, 0.29) is 6.10 Å². The summed E-state index contributed by atoms with van der Waals surface area (Å²) in [5.41, 5.74) is 2.48. The standard InChI is InChI=1S/C22H26O3/c1-5-16-8-6-7-9-19(16)21-12-17-10-11-18(13-20(17)25-21)24-15(2)14-22(3,4)23/h6-13,15,23H,5,14H2,1-4H3. The zero-order valence-electron chi connectivity index (χ0n) is 15.4. The maximum atomic E-state index is 9.92. The predicted molar refractivity (Wildman–Crippen MR) is 102 cm³/mol. The Morgan fingerprint density at radius 1 is 1.12 bits per heavy atom. The summed E-state index contributed by atoms with van der Waals surface area (Å²) in [6.45, 7) is 7.70. The number of fused-ring (bicyclic) bond motifs is 1. The van der Waals surface area contributed by atoms with Crippen molar-refractivity contribution in [1.82, 2.24) is 0 Å². The van der Waals surface area contributed by atoms with Gasteiger partial charge in [-0.2, -0.15) is 0 Å². The van der Waals surface area contributed by atoms with Crippen molar-refractivity contribution in [2.24, 2.45) is 0 Å². The van der Waals surface area contributed by atoms with E-state index in [1.807, 2.05) is 31.2 Å². The van der Waals surface area contributed by atoms with Crippen LogP contribution in [0.1, 0.15) is 39.7 Å². The van der Waals surface area contributed by atoms with Gasteiger partial charge in [0, 0.05) is 23.4 Å². The maximum absolute atomic E-state index is 9.92. The lowest BCUT2D eigenvalue weighted by molar-refractivity contribution is 0.0324. The molecule has 0 amide bonds. The number of benzene rings is 2. The average Bonchev–Trinajstić information content (AvgIpc) is 2.96. The Hall–Kier alpha value is -2.26. The largest absolute Gasteiger partial charge is 0.490 e. The second-order valence-electron chi connectivity index (χ2n) is 7.27. The smallest absolute Gasteiger partial charge is 0.138 e. The molecule has 132 valence electrons. The molecule has 25 heavy (non-hydrogen) atoms. The molecule has 0 radical (unpaired) electrons. The highest BCUT2D eigenvalue weighted by atomic mass is 16.5. The first-order valence-corrected chi connectivity index (χ1v) is 8.86. The van der Waals surface area contributed by atoms with Crippen molar-refractivity contribution in [3.8, 4) is 17.1 Å². The molecule has 0 spiro atoms. The second kappa shape index (κ2) is 6.93. The number of furan rings is 1. The molecular formula is C22H26O3. The predicted octanol–water partition coefficient (Wildman–Crippen LogP) is 5.59. The molecular weight excluding hydrogens is 312 g/mol. The summed E-state index contributed by atoms with van der Waals surface area (Å²) in [4.78, 5) is 0. The van der Waals surface area contributed by atoms with E-state index in [0.29, 0.717) is 6.42 Å². The van der Waals surface area contributed by atoms with Crippen molar-refractivity contribution >= 4 is 11.0 Å². The molecule has 1 aromatic heterocycles. The molecule has 0 bridgehead atoms. The molecule has 3 aromatic rings. The maximum Gasteiger partial charge on any atom is 0.138 e. The lowest BCUT2D eigenvalue weighted by atomic mass is 10.0. The number of aliphatic hydroxyl groups is 1. The van der Waals surface area contributed by atoms with Gasteiger partial charge in [0.2, 0.25) is 0 Å². The van der Waals surface area contributed by atoms with Crippen LogP contribution in [0.25, 0.3) is 22.3 Å². The van der Waals surface area contributed by atoms with E-state index in [2.05, 4.69) is 31.2 Å². The molecule has 0 saturated heterocycles. The third-order valence-corrected chi connectivity index (χ3v) is 4.28. The van der Waals surface area contributed by atoms with Crippen LogP contribution in [0, 0.1) is 0 Å². The van der Waals surface area contributed by atoms with Gasteiger partial charge in [0.1, 0.15) is 17.1 Å². The fourth-order valence-corrected chi connectivity index (χ4v) is 3.26. The number of hydrogen-bond acceptors (Lipinski definition) is 3. The highest BCUT2D eigenvalue weighted by molar-refractivity contribution is 5.84. The molecule has 1 N–H and O–H groups in total. The third-order valence-electron chi connectivity index (χ3n) is 4.28. The molecule has 0 aliphatic heterocycles. The van der Waals surface area contributed by atoms with Crippen molar-refractivity contribution in [3.63, 3.8) is 0 Å². The number of rotatable bonds is 6. The number of ether oxygens (including phenoxy) is 1. The molecule has 3 heteroatoms. The van der Waals surface area contributed by atoms with Gasteiger partial charge in [-0.3, -0.25) is 0 Å². The topological polar surface area (TPSA) is 42.6 Å². The van der Waals surface area contributed by atoms with Crippen LogP contribution in [0.4, 0.5) is 0 Å². The molecule has 0 aliphatic carbocycles. The van der Waals surface area contributed by atoms with E-state index in [1.165, 1.54) is 5.56 Å². The first kappa shape index (κ1) is 17.6.